The molecule has 1 fully saturated rings. The summed E-state index contributed by atoms with van der Waals surface area (Å²) < 4.78 is 16.9. The van der Waals surface area contributed by atoms with E-state index in [2.05, 4.69) is 42.8 Å². The summed E-state index contributed by atoms with van der Waals surface area (Å²) in [5.41, 5.74) is 1.72. The molecule has 1 aromatic heterocycles. The first-order valence-electron chi connectivity index (χ1n) is 7.80. The molecule has 122 valence electrons. The second kappa shape index (κ2) is 6.69. The predicted molar refractivity (Wildman–Crippen MR) is 97.0 cm³/mol. The number of hydrogen-bond donors (Lipinski definition) is 0. The van der Waals surface area contributed by atoms with Gasteiger partial charge in [-0.3, -0.25) is 4.57 Å². The van der Waals surface area contributed by atoms with Crippen molar-refractivity contribution in [2.24, 2.45) is 0 Å². The average Bonchev–Trinajstić information content (AvgIpc) is 3.35. The molecule has 0 spiro atoms. The van der Waals surface area contributed by atoms with Gasteiger partial charge in [0.05, 0.1) is 0 Å². The summed E-state index contributed by atoms with van der Waals surface area (Å²) in [5, 5.41) is 9.57. The van der Waals surface area contributed by atoms with Crippen LogP contribution in [0.3, 0.4) is 0 Å². The fourth-order valence-electron chi connectivity index (χ4n) is 2.58. The third-order valence-electron chi connectivity index (χ3n) is 3.99. The van der Waals surface area contributed by atoms with E-state index in [-0.39, 0.29) is 5.82 Å². The van der Waals surface area contributed by atoms with Crippen molar-refractivity contribution >= 4 is 27.7 Å². The Balaban J connectivity index is 1.63. The zero-order valence-corrected chi connectivity index (χ0v) is 15.2. The van der Waals surface area contributed by atoms with Crippen molar-refractivity contribution in [3.05, 3.63) is 70.2 Å². The van der Waals surface area contributed by atoms with Crippen LogP contribution in [-0.2, 0) is 5.75 Å². The molecular formula is C18H15BrFN3S. The SMILES string of the molecule is Fc1cc(Br)ccc1CSc1nnc(C2CC2)n1-c1ccccc1. The van der Waals surface area contributed by atoms with Crippen LogP contribution >= 0.6 is 27.7 Å². The lowest BCUT2D eigenvalue weighted by Crippen LogP contribution is -2.01. The van der Waals surface area contributed by atoms with E-state index in [9.17, 15) is 4.39 Å². The lowest BCUT2D eigenvalue weighted by Gasteiger charge is -2.10. The van der Waals surface area contributed by atoms with Crippen LogP contribution in [0, 0.1) is 5.82 Å². The summed E-state index contributed by atoms with van der Waals surface area (Å²) in [5.74, 6) is 1.83. The van der Waals surface area contributed by atoms with E-state index in [0.717, 1.165) is 34.0 Å². The van der Waals surface area contributed by atoms with Crippen LogP contribution in [0.15, 0.2) is 58.2 Å². The Morgan fingerprint density at radius 1 is 1.12 bits per heavy atom. The highest BCUT2D eigenvalue weighted by atomic mass is 79.9. The second-order valence-electron chi connectivity index (χ2n) is 5.81. The van der Waals surface area contributed by atoms with Gasteiger partial charge in [0, 0.05) is 21.8 Å². The van der Waals surface area contributed by atoms with E-state index >= 15 is 0 Å². The van der Waals surface area contributed by atoms with E-state index in [0.29, 0.717) is 17.2 Å². The first-order chi connectivity index (χ1) is 11.7. The van der Waals surface area contributed by atoms with Gasteiger partial charge in [-0.25, -0.2) is 4.39 Å². The van der Waals surface area contributed by atoms with Gasteiger partial charge in [0.1, 0.15) is 11.6 Å². The standard InChI is InChI=1S/C18H15BrFN3S/c19-14-9-8-13(16(20)10-14)11-24-18-22-21-17(12-6-7-12)23(18)15-4-2-1-3-5-15/h1-5,8-10,12H,6-7,11H2. The molecular weight excluding hydrogens is 389 g/mol. The maximum atomic E-state index is 14.0. The largest absolute Gasteiger partial charge is 0.274 e. The molecule has 1 aliphatic rings. The number of halogens is 2. The van der Waals surface area contributed by atoms with E-state index in [1.165, 1.54) is 17.8 Å². The van der Waals surface area contributed by atoms with Crippen molar-refractivity contribution in [2.75, 3.05) is 0 Å². The minimum Gasteiger partial charge on any atom is -0.274 e. The van der Waals surface area contributed by atoms with Crippen molar-refractivity contribution < 1.29 is 4.39 Å². The molecule has 1 heterocycles. The molecule has 3 nitrogen and oxygen atoms in total. The Hall–Kier alpha value is -1.66. The fraction of sp³-hybridized carbons (Fsp3) is 0.222. The van der Waals surface area contributed by atoms with Gasteiger partial charge in [-0.1, -0.05) is 52.0 Å². The molecule has 0 N–H and O–H groups in total. The van der Waals surface area contributed by atoms with Crippen molar-refractivity contribution in [3.63, 3.8) is 0 Å². The summed E-state index contributed by atoms with van der Waals surface area (Å²) in [6.07, 6.45) is 2.33. The smallest absolute Gasteiger partial charge is 0.196 e. The van der Waals surface area contributed by atoms with E-state index in [4.69, 9.17) is 0 Å². The van der Waals surface area contributed by atoms with Crippen molar-refractivity contribution in [3.8, 4) is 5.69 Å². The molecule has 1 aliphatic carbocycles. The topological polar surface area (TPSA) is 30.7 Å². The molecule has 0 atom stereocenters. The monoisotopic (exact) mass is 403 g/mol. The number of aromatic nitrogens is 3. The fourth-order valence-corrected chi connectivity index (χ4v) is 3.86. The molecule has 0 unspecified atom stereocenters. The summed E-state index contributed by atoms with van der Waals surface area (Å²) in [4.78, 5) is 0. The van der Waals surface area contributed by atoms with Gasteiger partial charge in [0.25, 0.3) is 0 Å². The Labute approximate surface area is 152 Å². The molecule has 0 aliphatic heterocycles. The van der Waals surface area contributed by atoms with Gasteiger partial charge >= 0.3 is 0 Å². The van der Waals surface area contributed by atoms with Gasteiger partial charge in [-0.05, 0) is 42.7 Å². The predicted octanol–water partition coefficient (Wildman–Crippen LogP) is 5.34. The van der Waals surface area contributed by atoms with E-state index in [1.807, 2.05) is 24.3 Å². The molecule has 4 rings (SSSR count). The number of nitrogens with zero attached hydrogens (tertiary/aromatic N) is 3. The van der Waals surface area contributed by atoms with Crippen LogP contribution in [0.2, 0.25) is 0 Å². The van der Waals surface area contributed by atoms with Gasteiger partial charge in [-0.15, -0.1) is 10.2 Å². The third kappa shape index (κ3) is 3.26. The number of rotatable bonds is 5. The maximum Gasteiger partial charge on any atom is 0.196 e. The number of benzene rings is 2. The lowest BCUT2D eigenvalue weighted by atomic mass is 10.2. The van der Waals surface area contributed by atoms with Crippen LogP contribution in [-0.4, -0.2) is 14.8 Å². The highest BCUT2D eigenvalue weighted by molar-refractivity contribution is 9.10. The third-order valence-corrected chi connectivity index (χ3v) is 5.46. The zero-order chi connectivity index (χ0) is 16.5. The molecule has 2 aromatic carbocycles. The van der Waals surface area contributed by atoms with Crippen LogP contribution < -0.4 is 0 Å². The minimum atomic E-state index is -0.204. The van der Waals surface area contributed by atoms with Crippen LogP contribution in [0.1, 0.15) is 30.1 Å². The summed E-state index contributed by atoms with van der Waals surface area (Å²) in [6, 6.07) is 15.3. The quantitative estimate of drug-likeness (QED) is 0.538. The first-order valence-corrected chi connectivity index (χ1v) is 9.57. The van der Waals surface area contributed by atoms with Crippen LogP contribution in [0.5, 0.6) is 0 Å². The summed E-state index contributed by atoms with van der Waals surface area (Å²) in [7, 11) is 0. The number of thioether (sulfide) groups is 1. The normalized spacial score (nSPS) is 14.1. The van der Waals surface area contributed by atoms with Crippen molar-refractivity contribution in [2.45, 2.75) is 29.7 Å². The Morgan fingerprint density at radius 3 is 2.62 bits per heavy atom. The molecule has 0 amide bonds. The molecule has 6 heteroatoms. The molecule has 0 saturated heterocycles. The number of para-hydroxylation sites is 1. The van der Waals surface area contributed by atoms with E-state index < -0.39 is 0 Å². The molecule has 3 aromatic rings. The Bertz CT molecular complexity index is 862. The molecule has 24 heavy (non-hydrogen) atoms. The van der Waals surface area contributed by atoms with Gasteiger partial charge in [0.15, 0.2) is 5.16 Å². The van der Waals surface area contributed by atoms with Gasteiger partial charge in [-0.2, -0.15) is 0 Å². The average molecular weight is 404 g/mol. The summed E-state index contributed by atoms with van der Waals surface area (Å²) >= 11 is 4.80. The minimum absolute atomic E-state index is 0.204. The van der Waals surface area contributed by atoms with Gasteiger partial charge in [0.2, 0.25) is 0 Å². The van der Waals surface area contributed by atoms with Crippen LogP contribution in [0.4, 0.5) is 4.39 Å². The van der Waals surface area contributed by atoms with Crippen molar-refractivity contribution in [1.29, 1.82) is 0 Å². The highest BCUT2D eigenvalue weighted by Crippen LogP contribution is 2.41. The second-order valence-corrected chi connectivity index (χ2v) is 7.67. The number of hydrogen-bond acceptors (Lipinski definition) is 3. The summed E-state index contributed by atoms with van der Waals surface area (Å²) in [6.45, 7) is 0. The first kappa shape index (κ1) is 15.8. The van der Waals surface area contributed by atoms with E-state index in [1.54, 1.807) is 6.07 Å². The zero-order valence-electron chi connectivity index (χ0n) is 12.8. The molecule has 0 bridgehead atoms. The Morgan fingerprint density at radius 2 is 1.92 bits per heavy atom. The van der Waals surface area contributed by atoms with Crippen molar-refractivity contribution in [1.82, 2.24) is 14.8 Å². The lowest BCUT2D eigenvalue weighted by molar-refractivity contribution is 0.616. The Kier molecular flexibility index (Phi) is 4.41. The molecule has 0 radical (unpaired) electrons. The highest BCUT2D eigenvalue weighted by Gasteiger charge is 2.31. The van der Waals surface area contributed by atoms with Crippen LogP contribution in [0.25, 0.3) is 5.69 Å². The molecule has 1 saturated carbocycles. The maximum absolute atomic E-state index is 14.0. The van der Waals surface area contributed by atoms with Gasteiger partial charge < -0.3 is 0 Å².